The van der Waals surface area contributed by atoms with Crippen LogP contribution in [0.15, 0.2) is 34.1 Å². The van der Waals surface area contributed by atoms with E-state index in [4.69, 9.17) is 0 Å². The van der Waals surface area contributed by atoms with E-state index in [2.05, 4.69) is 9.44 Å². The van der Waals surface area contributed by atoms with E-state index in [-0.39, 0.29) is 5.92 Å². The van der Waals surface area contributed by atoms with E-state index in [0.29, 0.717) is 28.6 Å². The molecule has 0 saturated heterocycles. The third-order valence-corrected chi connectivity index (χ3v) is 11.6. The summed E-state index contributed by atoms with van der Waals surface area (Å²) < 4.78 is 59.4. The Bertz CT molecular complexity index is 1450. The lowest BCUT2D eigenvalue weighted by Gasteiger charge is -2.34. The van der Waals surface area contributed by atoms with Crippen LogP contribution in [0, 0.1) is 26.7 Å². The highest BCUT2D eigenvalue weighted by atomic mass is 32.2. The zero-order chi connectivity index (χ0) is 28.3. The second-order valence-electron chi connectivity index (χ2n) is 13.2. The molecule has 38 heavy (non-hydrogen) atoms. The third kappa shape index (κ3) is 6.35. The smallest absolute Gasteiger partial charge is 0.207 e. The second-order valence-corrected chi connectivity index (χ2v) is 16.5. The summed E-state index contributed by atoms with van der Waals surface area (Å²) >= 11 is 0. The summed E-state index contributed by atoms with van der Waals surface area (Å²) in [4.78, 5) is 0.691. The highest BCUT2D eigenvalue weighted by Gasteiger charge is 2.35. The minimum Gasteiger partial charge on any atom is -0.207 e. The largest absolute Gasteiger partial charge is 0.241 e. The number of benzene rings is 2. The quantitative estimate of drug-likeness (QED) is 0.426. The van der Waals surface area contributed by atoms with Crippen molar-refractivity contribution in [3.63, 3.8) is 0 Å². The van der Waals surface area contributed by atoms with Crippen molar-refractivity contribution in [2.24, 2.45) is 5.92 Å². The topological polar surface area (TPSA) is 92.3 Å². The van der Waals surface area contributed by atoms with Crippen LogP contribution in [-0.2, 0) is 32.9 Å². The van der Waals surface area contributed by atoms with E-state index in [1.807, 2.05) is 67.5 Å². The molecular weight excluding hydrogens is 516 g/mol. The number of hydrogen-bond acceptors (Lipinski definition) is 4. The van der Waals surface area contributed by atoms with Crippen LogP contribution in [-0.4, -0.2) is 27.9 Å². The molecule has 6 nitrogen and oxygen atoms in total. The minimum absolute atomic E-state index is 0.158. The van der Waals surface area contributed by atoms with Crippen molar-refractivity contribution in [2.45, 2.75) is 121 Å². The molecule has 0 radical (unpaired) electrons. The van der Waals surface area contributed by atoms with Gasteiger partial charge in [-0.1, -0.05) is 12.1 Å². The number of nitrogens with one attached hydrogen (secondary N) is 2. The first-order valence-electron chi connectivity index (χ1n) is 13.7. The number of rotatable bonds is 8. The SMILES string of the molecule is Cc1ccc(S(=O)(=O)NC(C)(C)C)c2c1CCC(CC(C)(C)NS(=O)(=O)c1ccc(C3CC3)c(C)c1C)C2. The monoisotopic (exact) mass is 560 g/mol. The average Bonchev–Trinajstić information content (AvgIpc) is 3.57. The van der Waals surface area contributed by atoms with Gasteiger partial charge in [0.15, 0.2) is 0 Å². The van der Waals surface area contributed by atoms with Crippen molar-refractivity contribution in [3.8, 4) is 0 Å². The molecule has 2 N–H and O–H groups in total. The molecular formula is C30H44N2O4S2. The van der Waals surface area contributed by atoms with E-state index < -0.39 is 31.1 Å². The van der Waals surface area contributed by atoms with Crippen molar-refractivity contribution in [1.29, 1.82) is 0 Å². The van der Waals surface area contributed by atoms with Gasteiger partial charge in [0.2, 0.25) is 20.0 Å². The van der Waals surface area contributed by atoms with Gasteiger partial charge < -0.3 is 0 Å². The van der Waals surface area contributed by atoms with Gasteiger partial charge in [-0.15, -0.1) is 0 Å². The molecule has 1 atom stereocenters. The molecule has 8 heteroatoms. The third-order valence-electron chi connectivity index (χ3n) is 7.94. The van der Waals surface area contributed by atoms with E-state index in [9.17, 15) is 16.8 Å². The molecule has 4 rings (SSSR count). The number of hydrogen-bond donors (Lipinski definition) is 2. The fraction of sp³-hybridized carbons (Fsp3) is 0.600. The molecule has 0 aromatic heterocycles. The lowest BCUT2D eigenvalue weighted by molar-refractivity contribution is 0.309. The molecule has 2 aromatic carbocycles. The Morgan fingerprint density at radius 1 is 0.763 bits per heavy atom. The van der Waals surface area contributed by atoms with Gasteiger partial charge in [0.1, 0.15) is 0 Å². The van der Waals surface area contributed by atoms with Crippen LogP contribution < -0.4 is 9.44 Å². The summed E-state index contributed by atoms with van der Waals surface area (Å²) in [6, 6.07) is 7.35. The minimum atomic E-state index is -3.72. The molecule has 0 amide bonds. The highest BCUT2D eigenvalue weighted by molar-refractivity contribution is 7.89. The summed E-state index contributed by atoms with van der Waals surface area (Å²) in [5, 5.41) is 0. The van der Waals surface area contributed by atoms with Crippen LogP contribution in [0.25, 0.3) is 0 Å². The fourth-order valence-corrected chi connectivity index (χ4v) is 9.53. The predicted octanol–water partition coefficient (Wildman–Crippen LogP) is 5.82. The first kappa shape index (κ1) is 29.2. The Hall–Kier alpha value is -1.74. The summed E-state index contributed by atoms with van der Waals surface area (Å²) in [6.45, 7) is 15.3. The maximum absolute atomic E-state index is 13.5. The van der Waals surface area contributed by atoms with Crippen molar-refractivity contribution in [3.05, 3.63) is 57.6 Å². The zero-order valence-corrected chi connectivity index (χ0v) is 25.8. The standard InChI is InChI=1S/C30H44N2O4S2/c1-19-9-15-28(38(35,36)31-29(4,5)6)26-17-22(10-13-24(19)26)18-30(7,8)32-37(33,34)27-16-14-25(23-11-12-23)20(2)21(27)3/h9,14-16,22-23,31-32H,10-13,17-18H2,1-8H3. The van der Waals surface area contributed by atoms with Crippen molar-refractivity contribution in [1.82, 2.24) is 9.44 Å². The zero-order valence-electron chi connectivity index (χ0n) is 24.2. The molecule has 1 unspecified atom stereocenters. The van der Waals surface area contributed by atoms with Crippen molar-refractivity contribution < 1.29 is 16.8 Å². The van der Waals surface area contributed by atoms with E-state index in [1.54, 1.807) is 12.1 Å². The summed E-state index contributed by atoms with van der Waals surface area (Å²) in [5.74, 6) is 0.727. The fourth-order valence-electron chi connectivity index (χ4n) is 6.11. The molecule has 0 bridgehead atoms. The Morgan fingerprint density at radius 3 is 1.97 bits per heavy atom. The van der Waals surface area contributed by atoms with E-state index >= 15 is 0 Å². The maximum Gasteiger partial charge on any atom is 0.241 e. The van der Waals surface area contributed by atoms with Gasteiger partial charge in [-0.05, 0) is 151 Å². The van der Waals surface area contributed by atoms with Crippen LogP contribution in [0.3, 0.4) is 0 Å². The van der Waals surface area contributed by atoms with Crippen molar-refractivity contribution in [2.75, 3.05) is 0 Å². The first-order chi connectivity index (χ1) is 17.4. The van der Waals surface area contributed by atoms with Crippen LogP contribution >= 0.6 is 0 Å². The highest BCUT2D eigenvalue weighted by Crippen LogP contribution is 2.43. The number of fused-ring (bicyclic) bond motifs is 1. The van der Waals surface area contributed by atoms with Crippen LogP contribution in [0.5, 0.6) is 0 Å². The van der Waals surface area contributed by atoms with Gasteiger partial charge in [-0.3, -0.25) is 0 Å². The van der Waals surface area contributed by atoms with E-state index in [0.717, 1.165) is 40.7 Å². The van der Waals surface area contributed by atoms with Gasteiger partial charge in [0, 0.05) is 11.1 Å². The van der Waals surface area contributed by atoms with E-state index in [1.165, 1.54) is 18.4 Å². The Labute approximate surface area is 230 Å². The summed E-state index contributed by atoms with van der Waals surface area (Å²) in [7, 11) is -7.40. The number of aryl methyl sites for hydroxylation is 1. The first-order valence-corrected chi connectivity index (χ1v) is 16.7. The molecule has 210 valence electrons. The Kier molecular flexibility index (Phi) is 7.71. The Balaban J connectivity index is 1.56. The van der Waals surface area contributed by atoms with Gasteiger partial charge >= 0.3 is 0 Å². The molecule has 0 heterocycles. The van der Waals surface area contributed by atoms with Gasteiger partial charge in [-0.25, -0.2) is 26.3 Å². The normalized spacial score (nSPS) is 18.9. The van der Waals surface area contributed by atoms with Crippen molar-refractivity contribution >= 4 is 20.0 Å². The molecule has 0 spiro atoms. The Morgan fingerprint density at radius 2 is 1.37 bits per heavy atom. The van der Waals surface area contributed by atoms with Crippen LogP contribution in [0.4, 0.5) is 0 Å². The lowest BCUT2D eigenvalue weighted by atomic mass is 9.77. The maximum atomic E-state index is 13.5. The van der Waals surface area contributed by atoms with Crippen LogP contribution in [0.1, 0.15) is 99.6 Å². The molecule has 1 fully saturated rings. The molecule has 2 aliphatic carbocycles. The molecule has 2 aromatic rings. The summed E-state index contributed by atoms with van der Waals surface area (Å²) in [5.41, 5.74) is 4.97. The molecule has 1 saturated carbocycles. The van der Waals surface area contributed by atoms with Gasteiger partial charge in [0.25, 0.3) is 0 Å². The average molecular weight is 561 g/mol. The van der Waals surface area contributed by atoms with Crippen LogP contribution in [0.2, 0.25) is 0 Å². The molecule has 2 aliphatic rings. The summed E-state index contributed by atoms with van der Waals surface area (Å²) in [6.07, 6.45) is 5.26. The lowest BCUT2D eigenvalue weighted by Crippen LogP contribution is -2.45. The second kappa shape index (κ2) is 10.0. The number of sulfonamides is 2. The molecule has 0 aliphatic heterocycles. The predicted molar refractivity (Wildman–Crippen MR) is 154 cm³/mol. The van der Waals surface area contributed by atoms with Gasteiger partial charge in [-0.2, -0.15) is 0 Å². The van der Waals surface area contributed by atoms with Gasteiger partial charge in [0.05, 0.1) is 9.79 Å².